The van der Waals surface area contributed by atoms with E-state index in [9.17, 15) is 18.0 Å². The Morgan fingerprint density at radius 1 is 1.32 bits per heavy atom. The summed E-state index contributed by atoms with van der Waals surface area (Å²) < 4.78 is 39.1. The Morgan fingerprint density at radius 2 is 1.89 bits per heavy atom. The minimum absolute atomic E-state index is 0.165. The number of hydrogen-bond donors (Lipinski definition) is 0. The highest BCUT2D eigenvalue weighted by Crippen LogP contribution is 2.29. The van der Waals surface area contributed by atoms with Gasteiger partial charge in [0.05, 0.1) is 11.3 Å². The molecular formula is C13H17F3N2O. The van der Waals surface area contributed by atoms with Crippen LogP contribution in [-0.4, -0.2) is 21.7 Å². The van der Waals surface area contributed by atoms with Gasteiger partial charge in [0, 0.05) is 12.2 Å². The maximum Gasteiger partial charge on any atom is 0.455 e. The van der Waals surface area contributed by atoms with Crippen LogP contribution in [-0.2, 0) is 6.54 Å². The number of ketones is 1. The number of aromatic nitrogens is 2. The summed E-state index contributed by atoms with van der Waals surface area (Å²) in [6.07, 6.45) is -0.338. The van der Waals surface area contributed by atoms with Gasteiger partial charge in [-0.15, -0.1) is 0 Å². The zero-order chi connectivity index (χ0) is 14.2. The molecule has 0 radical (unpaired) electrons. The molecule has 0 saturated heterocycles. The van der Waals surface area contributed by atoms with Gasteiger partial charge in [-0.3, -0.25) is 9.48 Å². The molecule has 0 amide bonds. The molecule has 1 aliphatic carbocycles. The Morgan fingerprint density at radius 3 is 2.42 bits per heavy atom. The van der Waals surface area contributed by atoms with E-state index in [0.29, 0.717) is 18.2 Å². The summed E-state index contributed by atoms with van der Waals surface area (Å²) in [5.74, 6) is -1.33. The van der Waals surface area contributed by atoms with Gasteiger partial charge in [-0.25, -0.2) is 0 Å². The summed E-state index contributed by atoms with van der Waals surface area (Å²) >= 11 is 0. The van der Waals surface area contributed by atoms with Crippen LogP contribution in [0.4, 0.5) is 13.2 Å². The molecule has 2 rings (SSSR count). The van der Waals surface area contributed by atoms with Crippen LogP contribution in [0.5, 0.6) is 0 Å². The van der Waals surface area contributed by atoms with E-state index in [2.05, 4.69) is 5.10 Å². The van der Waals surface area contributed by atoms with E-state index in [1.165, 1.54) is 13.8 Å². The molecule has 1 saturated carbocycles. The summed E-state index contributed by atoms with van der Waals surface area (Å²) in [6, 6.07) is 0. The molecular weight excluding hydrogens is 257 g/mol. The number of Topliss-reactive ketones (excluding diaryl/α,β-unsaturated/α-hetero) is 1. The first-order valence-electron chi connectivity index (χ1n) is 6.46. The van der Waals surface area contributed by atoms with E-state index in [1.54, 1.807) is 4.68 Å². The standard InChI is InChI=1S/C13H17F3N2O/c1-8-11(12(19)13(14,15)16)9(2)18(17-8)7-10-5-3-4-6-10/h10H,3-7H2,1-2H3. The first-order chi connectivity index (χ1) is 8.80. The zero-order valence-corrected chi connectivity index (χ0v) is 11.0. The monoisotopic (exact) mass is 274 g/mol. The second-order valence-electron chi connectivity index (χ2n) is 5.21. The first kappa shape index (κ1) is 14.1. The van der Waals surface area contributed by atoms with E-state index in [0.717, 1.165) is 25.7 Å². The van der Waals surface area contributed by atoms with Crippen molar-refractivity contribution in [1.29, 1.82) is 0 Å². The van der Waals surface area contributed by atoms with Crippen molar-refractivity contribution in [3.8, 4) is 0 Å². The van der Waals surface area contributed by atoms with Crippen molar-refractivity contribution in [3.05, 3.63) is 17.0 Å². The predicted octanol–water partition coefficient (Wildman–Crippen LogP) is 3.44. The van der Waals surface area contributed by atoms with E-state index >= 15 is 0 Å². The summed E-state index contributed by atoms with van der Waals surface area (Å²) in [4.78, 5) is 11.4. The highest BCUT2D eigenvalue weighted by Gasteiger charge is 2.42. The van der Waals surface area contributed by atoms with Gasteiger partial charge in [-0.2, -0.15) is 18.3 Å². The van der Waals surface area contributed by atoms with E-state index in [4.69, 9.17) is 0 Å². The molecule has 3 nitrogen and oxygen atoms in total. The topological polar surface area (TPSA) is 34.9 Å². The summed E-state index contributed by atoms with van der Waals surface area (Å²) in [7, 11) is 0. The number of rotatable bonds is 3. The van der Waals surface area contributed by atoms with E-state index in [1.807, 2.05) is 0 Å². The van der Waals surface area contributed by atoms with Gasteiger partial charge in [0.25, 0.3) is 5.78 Å². The summed E-state index contributed by atoms with van der Waals surface area (Å²) in [5.41, 5.74) is 0.204. The van der Waals surface area contributed by atoms with E-state index in [-0.39, 0.29) is 11.3 Å². The molecule has 1 fully saturated rings. The van der Waals surface area contributed by atoms with Crippen molar-refractivity contribution in [2.24, 2.45) is 5.92 Å². The van der Waals surface area contributed by atoms with Crippen LogP contribution in [0.25, 0.3) is 0 Å². The summed E-state index contributed by atoms with van der Waals surface area (Å²) in [6.45, 7) is 3.60. The third-order valence-corrected chi connectivity index (χ3v) is 3.77. The lowest BCUT2D eigenvalue weighted by molar-refractivity contribution is -0.0886. The fraction of sp³-hybridized carbons (Fsp3) is 0.692. The molecule has 0 aromatic carbocycles. The quantitative estimate of drug-likeness (QED) is 0.791. The Hall–Kier alpha value is -1.33. The third kappa shape index (κ3) is 2.82. The van der Waals surface area contributed by atoms with Gasteiger partial charge < -0.3 is 0 Å². The van der Waals surface area contributed by atoms with Crippen LogP contribution < -0.4 is 0 Å². The smallest absolute Gasteiger partial charge is 0.284 e. The Kier molecular flexibility index (Phi) is 3.69. The predicted molar refractivity (Wildman–Crippen MR) is 64.0 cm³/mol. The average molecular weight is 274 g/mol. The lowest BCUT2D eigenvalue weighted by Gasteiger charge is -2.11. The number of nitrogens with zero attached hydrogens (tertiary/aromatic N) is 2. The highest BCUT2D eigenvalue weighted by atomic mass is 19.4. The number of hydrogen-bond acceptors (Lipinski definition) is 2. The van der Waals surface area contributed by atoms with Crippen molar-refractivity contribution in [2.45, 2.75) is 52.3 Å². The second-order valence-corrected chi connectivity index (χ2v) is 5.21. The first-order valence-corrected chi connectivity index (χ1v) is 6.46. The molecule has 1 aliphatic rings. The van der Waals surface area contributed by atoms with Gasteiger partial charge in [-0.1, -0.05) is 12.8 Å². The zero-order valence-electron chi connectivity index (χ0n) is 11.0. The number of carbonyl (C=O) groups excluding carboxylic acids is 1. The Balaban J connectivity index is 2.26. The maximum absolute atomic E-state index is 12.5. The van der Waals surface area contributed by atoms with Gasteiger partial charge in [-0.05, 0) is 32.6 Å². The Bertz CT molecular complexity index is 485. The lowest BCUT2D eigenvalue weighted by atomic mass is 10.1. The van der Waals surface area contributed by atoms with Gasteiger partial charge in [0.2, 0.25) is 0 Å². The van der Waals surface area contributed by atoms with Gasteiger partial charge in [0.1, 0.15) is 0 Å². The normalized spacial score (nSPS) is 17.1. The fourth-order valence-electron chi connectivity index (χ4n) is 2.78. The second kappa shape index (κ2) is 4.98. The van der Waals surface area contributed by atoms with Crippen LogP contribution in [0.1, 0.15) is 47.4 Å². The molecule has 6 heteroatoms. The molecule has 1 aromatic rings. The maximum atomic E-state index is 12.5. The number of halogens is 3. The molecule has 106 valence electrons. The molecule has 0 N–H and O–H groups in total. The van der Waals surface area contributed by atoms with Crippen molar-refractivity contribution in [1.82, 2.24) is 9.78 Å². The van der Waals surface area contributed by atoms with Crippen LogP contribution in [0.2, 0.25) is 0 Å². The molecule has 0 aliphatic heterocycles. The lowest BCUT2D eigenvalue weighted by Crippen LogP contribution is -2.24. The Labute approximate surface area is 109 Å². The van der Waals surface area contributed by atoms with Crippen LogP contribution in [0.15, 0.2) is 0 Å². The SMILES string of the molecule is Cc1nn(CC2CCCC2)c(C)c1C(=O)C(F)(F)F. The van der Waals surface area contributed by atoms with Crippen LogP contribution in [0.3, 0.4) is 0 Å². The van der Waals surface area contributed by atoms with Crippen LogP contribution in [0, 0.1) is 19.8 Å². The number of aryl methyl sites for hydroxylation is 1. The highest BCUT2D eigenvalue weighted by molar-refractivity contribution is 6.02. The largest absolute Gasteiger partial charge is 0.455 e. The van der Waals surface area contributed by atoms with Gasteiger partial charge in [0.15, 0.2) is 0 Å². The fourth-order valence-corrected chi connectivity index (χ4v) is 2.78. The number of alkyl halides is 3. The van der Waals surface area contributed by atoms with Crippen molar-refractivity contribution >= 4 is 5.78 Å². The molecule has 1 aromatic heterocycles. The molecule has 19 heavy (non-hydrogen) atoms. The third-order valence-electron chi connectivity index (χ3n) is 3.77. The average Bonchev–Trinajstić information content (AvgIpc) is 2.87. The van der Waals surface area contributed by atoms with E-state index < -0.39 is 12.0 Å². The van der Waals surface area contributed by atoms with Crippen molar-refractivity contribution < 1.29 is 18.0 Å². The van der Waals surface area contributed by atoms with Crippen molar-refractivity contribution in [2.75, 3.05) is 0 Å². The molecule has 0 unspecified atom stereocenters. The van der Waals surface area contributed by atoms with Crippen LogP contribution >= 0.6 is 0 Å². The minimum atomic E-state index is -4.84. The van der Waals surface area contributed by atoms with Crippen molar-refractivity contribution in [3.63, 3.8) is 0 Å². The minimum Gasteiger partial charge on any atom is -0.284 e. The molecule has 0 spiro atoms. The number of carbonyl (C=O) groups is 1. The summed E-state index contributed by atoms with van der Waals surface area (Å²) in [5, 5.41) is 4.10. The molecule has 0 bridgehead atoms. The molecule has 0 atom stereocenters. The molecule has 1 heterocycles. The van der Waals surface area contributed by atoms with Gasteiger partial charge >= 0.3 is 6.18 Å².